The molecule has 1 aliphatic heterocycles. The molecule has 1 fully saturated rings. The van der Waals surface area contributed by atoms with Crippen molar-refractivity contribution in [3.05, 3.63) is 65.0 Å². The Balaban J connectivity index is 1.52. The van der Waals surface area contributed by atoms with E-state index in [4.69, 9.17) is 4.42 Å². The zero-order valence-corrected chi connectivity index (χ0v) is 18.2. The first-order chi connectivity index (χ1) is 14.9. The Morgan fingerprint density at radius 3 is 2.58 bits per heavy atom. The van der Waals surface area contributed by atoms with Crippen molar-refractivity contribution < 1.29 is 27.2 Å². The number of nitrogens with zero attached hydrogens (tertiary/aromatic N) is 2. The van der Waals surface area contributed by atoms with Gasteiger partial charge in [0.15, 0.2) is 9.84 Å². The summed E-state index contributed by atoms with van der Waals surface area (Å²) in [5, 5.41) is 1.10. The van der Waals surface area contributed by atoms with Gasteiger partial charge in [0, 0.05) is 31.6 Å². The predicted molar refractivity (Wildman–Crippen MR) is 116 cm³/mol. The van der Waals surface area contributed by atoms with Crippen LogP contribution in [0.1, 0.15) is 28.3 Å². The van der Waals surface area contributed by atoms with Crippen LogP contribution in [0.25, 0.3) is 6.08 Å². The number of sulfone groups is 1. The van der Waals surface area contributed by atoms with E-state index in [0.717, 1.165) is 23.9 Å². The molecule has 0 radical (unpaired) electrons. The first-order valence-electron chi connectivity index (χ1n) is 9.99. The molecule has 1 aromatic carbocycles. The van der Waals surface area contributed by atoms with Crippen molar-refractivity contribution in [2.24, 2.45) is 0 Å². The first-order valence-corrected chi connectivity index (χ1v) is 11.7. The fourth-order valence-electron chi connectivity index (χ4n) is 3.33. The van der Waals surface area contributed by atoms with Crippen LogP contribution < -0.4 is 0 Å². The lowest BCUT2D eigenvalue weighted by molar-refractivity contribution is -0.128. The van der Waals surface area contributed by atoms with Crippen molar-refractivity contribution in [2.45, 2.75) is 13.0 Å². The van der Waals surface area contributed by atoms with Gasteiger partial charge in [-0.2, -0.15) is 0 Å². The fourth-order valence-corrected chi connectivity index (χ4v) is 4.32. The molecule has 1 aliphatic rings. The summed E-state index contributed by atoms with van der Waals surface area (Å²) in [7, 11) is -2.36. The number of esters is 1. The number of furan rings is 1. The van der Waals surface area contributed by atoms with Gasteiger partial charge < -0.3 is 14.1 Å². The number of benzene rings is 1. The lowest BCUT2D eigenvalue weighted by Crippen LogP contribution is -2.38. The summed E-state index contributed by atoms with van der Waals surface area (Å²) >= 11 is 0. The van der Waals surface area contributed by atoms with Gasteiger partial charge in [-0.1, -0.05) is 30.3 Å². The number of methoxy groups -OCH3 is 1. The van der Waals surface area contributed by atoms with Crippen LogP contribution in [0.15, 0.2) is 52.3 Å². The van der Waals surface area contributed by atoms with Crippen molar-refractivity contribution in [1.82, 2.24) is 9.80 Å². The molecule has 1 amide bonds. The summed E-state index contributed by atoms with van der Waals surface area (Å²) in [6, 6.07) is 12.4. The maximum Gasteiger partial charge on any atom is 0.373 e. The topological polar surface area (TPSA) is 97.1 Å². The van der Waals surface area contributed by atoms with Crippen molar-refractivity contribution in [3.63, 3.8) is 0 Å². The van der Waals surface area contributed by atoms with Crippen LogP contribution >= 0.6 is 0 Å². The minimum atomic E-state index is -3.65. The molecule has 166 valence electrons. The van der Waals surface area contributed by atoms with Crippen molar-refractivity contribution in [3.8, 4) is 0 Å². The quantitative estimate of drug-likeness (QED) is 0.602. The van der Waals surface area contributed by atoms with Gasteiger partial charge >= 0.3 is 5.97 Å². The zero-order chi connectivity index (χ0) is 22.3. The highest BCUT2D eigenvalue weighted by atomic mass is 32.2. The minimum Gasteiger partial charge on any atom is -0.463 e. The van der Waals surface area contributed by atoms with E-state index in [1.165, 1.54) is 13.2 Å². The molecule has 3 rings (SSSR count). The van der Waals surface area contributed by atoms with Crippen LogP contribution in [0.5, 0.6) is 0 Å². The first kappa shape index (κ1) is 22.8. The lowest BCUT2D eigenvalue weighted by Gasteiger charge is -2.21. The molecule has 1 aromatic heterocycles. The molecule has 9 heteroatoms. The largest absolute Gasteiger partial charge is 0.463 e. The molecular weight excluding hydrogens is 420 g/mol. The standard InChI is InChI=1S/C22H26N2O6S/c1-29-22(26)20-9-8-19(30-20)16-23-11-5-12-24(14-13-23)21(25)17-31(27,28)15-10-18-6-3-2-4-7-18/h2-4,6-10,15H,5,11-14,16-17H2,1H3. The summed E-state index contributed by atoms with van der Waals surface area (Å²) in [6.07, 6.45) is 2.22. The highest BCUT2D eigenvalue weighted by Gasteiger charge is 2.23. The highest BCUT2D eigenvalue weighted by Crippen LogP contribution is 2.14. The number of amides is 1. The monoisotopic (exact) mass is 446 g/mol. The summed E-state index contributed by atoms with van der Waals surface area (Å²) < 4.78 is 34.8. The highest BCUT2D eigenvalue weighted by molar-refractivity contribution is 7.95. The smallest absolute Gasteiger partial charge is 0.373 e. The SMILES string of the molecule is COC(=O)c1ccc(CN2CCCN(C(=O)CS(=O)(=O)C=Cc3ccccc3)CC2)o1. The molecule has 0 unspecified atom stereocenters. The Labute approximate surface area is 182 Å². The second kappa shape index (κ2) is 10.4. The van der Waals surface area contributed by atoms with E-state index < -0.39 is 27.5 Å². The third kappa shape index (κ3) is 6.80. The van der Waals surface area contributed by atoms with Gasteiger partial charge in [0.2, 0.25) is 11.7 Å². The molecule has 0 saturated carbocycles. The van der Waals surface area contributed by atoms with E-state index in [2.05, 4.69) is 9.64 Å². The fraction of sp³-hybridized carbons (Fsp3) is 0.364. The van der Waals surface area contributed by atoms with E-state index in [0.29, 0.717) is 31.9 Å². The van der Waals surface area contributed by atoms with Crippen molar-refractivity contribution in [2.75, 3.05) is 39.0 Å². The number of hydrogen-bond acceptors (Lipinski definition) is 7. The van der Waals surface area contributed by atoms with Crippen LogP contribution in [0.2, 0.25) is 0 Å². The molecule has 0 atom stereocenters. The normalized spacial score (nSPS) is 15.7. The molecule has 0 N–H and O–H groups in total. The molecule has 31 heavy (non-hydrogen) atoms. The van der Waals surface area contributed by atoms with Crippen molar-refractivity contribution in [1.29, 1.82) is 0 Å². The summed E-state index contributed by atoms with van der Waals surface area (Å²) in [5.41, 5.74) is 0.761. The lowest BCUT2D eigenvalue weighted by atomic mass is 10.2. The van der Waals surface area contributed by atoms with Gasteiger partial charge in [-0.25, -0.2) is 13.2 Å². The minimum absolute atomic E-state index is 0.151. The second-order valence-electron chi connectivity index (χ2n) is 7.29. The number of carbonyl (C=O) groups is 2. The molecule has 1 saturated heterocycles. The third-order valence-corrected chi connectivity index (χ3v) is 6.16. The van der Waals surface area contributed by atoms with Gasteiger partial charge in [-0.05, 0) is 30.2 Å². The van der Waals surface area contributed by atoms with Gasteiger partial charge in [0.25, 0.3) is 0 Å². The van der Waals surface area contributed by atoms with Crippen LogP contribution in [-0.2, 0) is 25.9 Å². The molecule has 0 aliphatic carbocycles. The van der Waals surface area contributed by atoms with Gasteiger partial charge in [-0.3, -0.25) is 9.69 Å². The second-order valence-corrected chi connectivity index (χ2v) is 9.18. The van der Waals surface area contributed by atoms with Crippen LogP contribution in [0.4, 0.5) is 0 Å². The summed E-state index contributed by atoms with van der Waals surface area (Å²) in [5.74, 6) is -0.685. The van der Waals surface area contributed by atoms with E-state index in [9.17, 15) is 18.0 Å². The zero-order valence-electron chi connectivity index (χ0n) is 17.4. The van der Waals surface area contributed by atoms with E-state index in [-0.39, 0.29) is 5.76 Å². The van der Waals surface area contributed by atoms with Crippen molar-refractivity contribution >= 4 is 27.8 Å². The van der Waals surface area contributed by atoms with Gasteiger partial charge in [-0.15, -0.1) is 0 Å². The Kier molecular flexibility index (Phi) is 7.64. The van der Waals surface area contributed by atoms with E-state index in [1.54, 1.807) is 29.2 Å². The van der Waals surface area contributed by atoms with E-state index >= 15 is 0 Å². The van der Waals surface area contributed by atoms with E-state index in [1.807, 2.05) is 18.2 Å². The average Bonchev–Trinajstić information content (AvgIpc) is 3.09. The average molecular weight is 447 g/mol. The number of hydrogen-bond donors (Lipinski definition) is 0. The predicted octanol–water partition coefficient (Wildman–Crippen LogP) is 2.19. The Bertz CT molecular complexity index is 1030. The van der Waals surface area contributed by atoms with Gasteiger partial charge in [0.05, 0.1) is 13.7 Å². The number of rotatable bonds is 7. The summed E-state index contributed by atoms with van der Waals surface area (Å²) in [4.78, 5) is 27.8. The third-order valence-electron chi connectivity index (χ3n) is 4.96. The van der Waals surface area contributed by atoms with Gasteiger partial charge in [0.1, 0.15) is 11.5 Å². The Morgan fingerprint density at radius 2 is 1.84 bits per heavy atom. The van der Waals surface area contributed by atoms with Crippen LogP contribution in [0, 0.1) is 0 Å². The molecular formula is C22H26N2O6S. The maximum atomic E-state index is 12.6. The molecule has 0 bridgehead atoms. The Morgan fingerprint density at radius 1 is 1.06 bits per heavy atom. The number of carbonyl (C=O) groups excluding carboxylic acids is 2. The molecule has 2 heterocycles. The van der Waals surface area contributed by atoms with Crippen LogP contribution in [0.3, 0.4) is 0 Å². The summed E-state index contributed by atoms with van der Waals surface area (Å²) in [6.45, 7) is 2.75. The number of ether oxygens (including phenoxy) is 1. The van der Waals surface area contributed by atoms with Crippen LogP contribution in [-0.4, -0.2) is 69.1 Å². The Hall–Kier alpha value is -2.91. The molecule has 0 spiro atoms. The maximum absolute atomic E-state index is 12.6. The molecule has 8 nitrogen and oxygen atoms in total. The molecule has 2 aromatic rings.